The summed E-state index contributed by atoms with van der Waals surface area (Å²) in [6, 6.07) is 75.9. The van der Waals surface area contributed by atoms with Crippen LogP contribution in [0, 0.1) is 22.7 Å². The van der Waals surface area contributed by atoms with Crippen LogP contribution in [0.1, 0.15) is 75.0 Å². The average Bonchev–Trinajstić information content (AvgIpc) is 0.771. The minimum Gasteiger partial charge on any atom is -0.746 e. The molecule has 658 valence electrons. The maximum absolute atomic E-state index is 16.8. The van der Waals surface area contributed by atoms with Crippen LogP contribution in [0.3, 0.4) is 0 Å². The molecule has 0 radical (unpaired) electrons. The Kier molecular flexibility index (Phi) is 32.8. The third-order valence-corrected chi connectivity index (χ3v) is 23.1. The maximum atomic E-state index is 16.8. The Morgan fingerprint density at radius 3 is 0.921 bits per heavy atom. The molecule has 3 unspecified atom stereocenters. The third kappa shape index (κ3) is 25.5. The molecule has 0 amide bonds. The summed E-state index contributed by atoms with van der Waals surface area (Å²) < 4.78 is 141. The molecule has 3 saturated heterocycles. The smallest absolute Gasteiger partial charge is 0.380 e. The molecule has 0 bridgehead atoms. The van der Waals surface area contributed by atoms with Gasteiger partial charge in [0.05, 0.1) is 70.0 Å². The number of nitriles is 2. The SMILES string of the molecule is N#CCCO[P+]([O-])(OC[C@H]1O[C@@H](Oc2ccccc2)[C@H](OC(=O)c2ccccc2)[C@@H](OC(=O)c2ccccc2)[C@@H]1O[P+]([O-])(OCCC#N)OC[C@H]1O[C@@H](Oc2ccccc2)[C@H](OC(=O)c2ccccc2)[C@@H](OC(=O)c2ccccc2)[C@@H]1OP(=O)([O-])Oc1ccccc1Cl)O[C@H]1[C@H](OC(=O)c2ccccc2)[C@@H](OC(=O)c2ccccc2)[C@H](Oc2ccccc2)O[C@@H]1CO. The molecule has 3 heterocycles. The van der Waals surface area contributed by atoms with Crippen molar-refractivity contribution in [2.24, 2.45) is 0 Å². The Morgan fingerprint density at radius 2 is 0.622 bits per heavy atom. The van der Waals surface area contributed by atoms with Crippen LogP contribution < -0.4 is 33.4 Å². The second-order valence-electron chi connectivity index (χ2n) is 27.7. The molecule has 3 aliphatic heterocycles. The fourth-order valence-corrected chi connectivity index (χ4v) is 17.0. The van der Waals surface area contributed by atoms with Gasteiger partial charge < -0.3 is 81.2 Å². The van der Waals surface area contributed by atoms with Gasteiger partial charge in [0, 0.05) is 0 Å². The number of rotatable bonds is 39. The van der Waals surface area contributed by atoms with Gasteiger partial charge in [-0.1, -0.05) is 188 Å². The van der Waals surface area contributed by atoms with Crippen LogP contribution in [0.2, 0.25) is 5.02 Å². The van der Waals surface area contributed by atoms with E-state index in [9.17, 15) is 49.1 Å². The van der Waals surface area contributed by atoms with Crippen molar-refractivity contribution in [1.82, 2.24) is 0 Å². The molecule has 0 aliphatic carbocycles. The number of carbonyl (C=O) groups excluding carboxylic acids is 6. The summed E-state index contributed by atoms with van der Waals surface area (Å²) in [5.41, 5.74) is -0.704. The van der Waals surface area contributed by atoms with Gasteiger partial charge in [-0.2, -0.15) is 37.7 Å². The number of ether oxygens (including phenoxy) is 12. The van der Waals surface area contributed by atoms with Crippen LogP contribution in [-0.2, 0) is 78.9 Å². The largest absolute Gasteiger partial charge is 0.746 e. The predicted molar refractivity (Wildman–Crippen MR) is 441 cm³/mol. The monoisotopic (exact) mass is 1810 g/mol. The Bertz CT molecular complexity index is 5390. The van der Waals surface area contributed by atoms with Crippen molar-refractivity contribution in [2.75, 3.05) is 33.0 Å². The van der Waals surface area contributed by atoms with E-state index in [1.54, 1.807) is 91.0 Å². The summed E-state index contributed by atoms with van der Waals surface area (Å²) in [5, 5.41) is 31.5. The molecule has 3 aliphatic rings. The van der Waals surface area contributed by atoms with Crippen LogP contribution in [0.15, 0.2) is 297 Å². The lowest BCUT2D eigenvalue weighted by molar-refractivity contribution is -0.312. The summed E-state index contributed by atoms with van der Waals surface area (Å²) in [4.78, 5) is 137. The fourth-order valence-electron chi connectivity index (χ4n) is 13.0. The van der Waals surface area contributed by atoms with Gasteiger partial charge in [0.2, 0.25) is 37.2 Å². The minimum atomic E-state index is -6.02. The van der Waals surface area contributed by atoms with Gasteiger partial charge in [0.25, 0.3) is 0 Å². The molecule has 18 atom stereocenters. The number of nitrogens with zero attached hydrogens (tertiary/aromatic N) is 2. The lowest BCUT2D eigenvalue weighted by Crippen LogP contribution is -2.64. The van der Waals surface area contributed by atoms with Gasteiger partial charge in [-0.3, -0.25) is 9.09 Å². The normalized spacial score (nSPS) is 23.3. The first-order valence-corrected chi connectivity index (χ1v) is 44.0. The van der Waals surface area contributed by atoms with Gasteiger partial charge in [-0.15, -0.1) is 0 Å². The Balaban J connectivity index is 0.949. The van der Waals surface area contributed by atoms with Crippen molar-refractivity contribution >= 4 is 71.6 Å². The minimum absolute atomic E-state index is 0.0165. The van der Waals surface area contributed by atoms with E-state index in [0.29, 0.717) is 0 Å². The van der Waals surface area contributed by atoms with E-state index >= 15 is 14.6 Å². The Labute approximate surface area is 733 Å². The van der Waals surface area contributed by atoms with E-state index in [4.69, 9.17) is 105 Å². The first-order chi connectivity index (χ1) is 61.6. The molecule has 0 saturated carbocycles. The number of halogens is 1. The van der Waals surface area contributed by atoms with Gasteiger partial charge in [-0.05, 0) is 121 Å². The van der Waals surface area contributed by atoms with Crippen LogP contribution >= 0.6 is 35.8 Å². The highest BCUT2D eigenvalue weighted by molar-refractivity contribution is 7.54. The Hall–Kier alpha value is -12.0. The van der Waals surface area contributed by atoms with Crippen molar-refractivity contribution < 1.29 is 146 Å². The molecule has 1 N–H and O–H groups in total. The standard InChI is InChI=1S/C90H80ClN2O31P3/c91-68-50-28-29-51-69(68)121-125(101,102)122-74-71(113-89(110-66-46-24-8-25-47-66)80(119-86(99)63-40-18-5-19-41-63)77(74)116-83(96)60-34-12-2-13-35-60)57-107-127(104,106-55-31-53-93)124-75-72(114-90(111-67-48-26-9-27-49-67)81(120-87(100)64-42-20-6-21-43-64)78(75)117-84(97)61-36-14-3-15-37-61)58-108-126(103,105-54-30-52-92)123-73-70(56-94)112-88(109-65-44-22-7-23-45-65)79(118-85(98)62-38-16-4-17-39-62)76(73)115-82(95)59-32-10-1-11-33-59/h1-29,32-51,70-81,88-90,94H,30-31,54-58H2,(H,101,102)/p-1/t70-,71-,72-,73-,74-,75-,76+,77+,78+,79-,80-,81-,88-,89-,90-,126?,127?/m1/s1. The molecule has 3 fully saturated rings. The van der Waals surface area contributed by atoms with Crippen molar-refractivity contribution in [3.63, 3.8) is 0 Å². The summed E-state index contributed by atoms with van der Waals surface area (Å²) >= 11 is 6.47. The zero-order chi connectivity index (χ0) is 89.1. The van der Waals surface area contributed by atoms with E-state index in [2.05, 4.69) is 0 Å². The molecule has 10 aromatic rings. The number of phosphoric acid groups is 3. The number of hydrogen-bond donors (Lipinski definition) is 1. The molecule has 37 heteroatoms. The lowest BCUT2D eigenvalue weighted by atomic mass is 9.98. The number of aliphatic hydroxyl groups is 1. The van der Waals surface area contributed by atoms with Gasteiger partial charge in [0.15, 0.2) is 30.5 Å². The first-order valence-electron chi connectivity index (χ1n) is 39.3. The van der Waals surface area contributed by atoms with Crippen LogP contribution in [0.4, 0.5) is 0 Å². The van der Waals surface area contributed by atoms with E-state index in [1.165, 1.54) is 200 Å². The topological polar surface area (TPSA) is 441 Å². The zero-order valence-corrected chi connectivity index (χ0v) is 70.1. The van der Waals surface area contributed by atoms with E-state index in [1.807, 2.05) is 12.1 Å². The summed E-state index contributed by atoms with van der Waals surface area (Å²) in [7, 11) is -17.7. The summed E-state index contributed by atoms with van der Waals surface area (Å²) in [6.07, 6.45) is -33.6. The molecular weight excluding hydrogens is 1730 g/mol. The van der Waals surface area contributed by atoms with Crippen molar-refractivity contribution in [3.05, 3.63) is 336 Å². The molecule has 10 aromatic carbocycles. The predicted octanol–water partition coefficient (Wildman–Crippen LogP) is 12.1. The van der Waals surface area contributed by atoms with Gasteiger partial charge in [0.1, 0.15) is 73.8 Å². The van der Waals surface area contributed by atoms with Gasteiger partial charge in [-0.25, -0.2) is 28.8 Å². The second kappa shape index (κ2) is 44.9. The molecule has 0 aromatic heterocycles. The average molecular weight is 1810 g/mol. The fraction of sp³-hybridized carbons (Fsp3) is 0.244. The highest BCUT2D eigenvalue weighted by Crippen LogP contribution is 2.60. The first kappa shape index (κ1) is 92.7. The number of phosphoric ester groups is 3. The number of para-hydroxylation sites is 4. The van der Waals surface area contributed by atoms with E-state index in [0.717, 1.165) is 6.07 Å². The second-order valence-corrected chi connectivity index (χ2v) is 32.6. The highest BCUT2D eigenvalue weighted by Gasteiger charge is 2.62. The lowest BCUT2D eigenvalue weighted by Gasteiger charge is -2.46. The van der Waals surface area contributed by atoms with E-state index < -0.39 is 204 Å². The van der Waals surface area contributed by atoms with Crippen molar-refractivity contribution in [1.29, 1.82) is 10.5 Å². The number of aliphatic hydroxyl groups excluding tert-OH is 1. The molecular formula is C90H79ClN2O31P3-. The van der Waals surface area contributed by atoms with Crippen LogP contribution in [0.25, 0.3) is 0 Å². The van der Waals surface area contributed by atoms with Crippen molar-refractivity contribution in [3.8, 4) is 35.1 Å². The zero-order valence-electron chi connectivity index (χ0n) is 66.7. The van der Waals surface area contributed by atoms with Crippen LogP contribution in [-0.4, -0.2) is 166 Å². The molecule has 33 nitrogen and oxygen atoms in total. The van der Waals surface area contributed by atoms with Crippen molar-refractivity contribution in [2.45, 2.75) is 105 Å². The third-order valence-electron chi connectivity index (χ3n) is 19.0. The van der Waals surface area contributed by atoms with Crippen LogP contribution in [0.5, 0.6) is 23.0 Å². The molecule has 0 spiro atoms. The number of hydrogen-bond acceptors (Lipinski definition) is 33. The maximum Gasteiger partial charge on any atom is 0.380 e. The summed E-state index contributed by atoms with van der Waals surface area (Å²) in [6.45, 7) is -5.60. The summed E-state index contributed by atoms with van der Waals surface area (Å²) in [5.74, 6) is -7.34. The highest BCUT2D eigenvalue weighted by atomic mass is 35.5. The molecule has 13 rings (SSSR count). The quantitative estimate of drug-likeness (QED) is 0.0162. The number of esters is 6. The number of benzene rings is 10. The van der Waals surface area contributed by atoms with Gasteiger partial charge >= 0.3 is 60.0 Å². The van der Waals surface area contributed by atoms with E-state index in [-0.39, 0.29) is 55.7 Å². The molecule has 127 heavy (non-hydrogen) atoms. The Morgan fingerprint density at radius 1 is 0.362 bits per heavy atom. The number of carbonyl (C=O) groups is 6.